The zero-order valence-electron chi connectivity index (χ0n) is 10.3. The van der Waals surface area contributed by atoms with Gasteiger partial charge in [-0.25, -0.2) is 0 Å². The van der Waals surface area contributed by atoms with Crippen molar-refractivity contribution in [2.45, 2.75) is 39.5 Å². The minimum atomic E-state index is -0.800. The third-order valence-electron chi connectivity index (χ3n) is 3.72. The minimum absolute atomic E-state index is 0.132. The van der Waals surface area contributed by atoms with E-state index in [9.17, 15) is 9.59 Å². The van der Waals surface area contributed by atoms with E-state index in [-0.39, 0.29) is 23.7 Å². The molecule has 0 aromatic rings. The fourth-order valence-electron chi connectivity index (χ4n) is 2.03. The van der Waals surface area contributed by atoms with Gasteiger partial charge in [0, 0.05) is 25.9 Å². The van der Waals surface area contributed by atoms with Crippen LogP contribution in [0.4, 0.5) is 0 Å². The molecule has 1 amide bonds. The van der Waals surface area contributed by atoms with Gasteiger partial charge in [-0.05, 0) is 24.7 Å². The summed E-state index contributed by atoms with van der Waals surface area (Å²) in [6.45, 7) is 4.79. The SMILES string of the molecule is CCC1(C)CC1C(=O)N(C)CCCC(=O)O. The van der Waals surface area contributed by atoms with E-state index in [2.05, 4.69) is 13.8 Å². The quantitative estimate of drug-likeness (QED) is 0.752. The van der Waals surface area contributed by atoms with Gasteiger partial charge in [0.05, 0.1) is 0 Å². The number of rotatable bonds is 6. The summed E-state index contributed by atoms with van der Waals surface area (Å²) < 4.78 is 0. The van der Waals surface area contributed by atoms with E-state index < -0.39 is 5.97 Å². The molecule has 4 heteroatoms. The number of carbonyl (C=O) groups is 2. The molecule has 16 heavy (non-hydrogen) atoms. The molecule has 1 fully saturated rings. The van der Waals surface area contributed by atoms with Gasteiger partial charge in [0.1, 0.15) is 0 Å². The molecular formula is C12H21NO3. The van der Waals surface area contributed by atoms with Gasteiger partial charge in [-0.1, -0.05) is 13.8 Å². The highest BCUT2D eigenvalue weighted by Crippen LogP contribution is 2.55. The predicted octanol–water partition coefficient (Wildman–Crippen LogP) is 1.75. The predicted molar refractivity (Wildman–Crippen MR) is 61.0 cm³/mol. The molecule has 0 spiro atoms. The zero-order valence-corrected chi connectivity index (χ0v) is 10.3. The van der Waals surface area contributed by atoms with Crippen LogP contribution in [0.25, 0.3) is 0 Å². The zero-order chi connectivity index (χ0) is 12.3. The average molecular weight is 227 g/mol. The van der Waals surface area contributed by atoms with E-state index in [1.165, 1.54) is 0 Å². The fourth-order valence-corrected chi connectivity index (χ4v) is 2.03. The van der Waals surface area contributed by atoms with Crippen molar-refractivity contribution in [1.82, 2.24) is 4.90 Å². The van der Waals surface area contributed by atoms with Crippen LogP contribution in [0, 0.1) is 11.3 Å². The Morgan fingerprint density at radius 1 is 1.50 bits per heavy atom. The molecule has 2 unspecified atom stereocenters. The summed E-state index contributed by atoms with van der Waals surface area (Å²) in [6.07, 6.45) is 2.68. The fraction of sp³-hybridized carbons (Fsp3) is 0.833. The number of aliphatic carboxylic acids is 1. The lowest BCUT2D eigenvalue weighted by atomic mass is 10.0. The van der Waals surface area contributed by atoms with Crippen molar-refractivity contribution in [3.63, 3.8) is 0 Å². The highest BCUT2D eigenvalue weighted by atomic mass is 16.4. The lowest BCUT2D eigenvalue weighted by molar-refractivity contribution is -0.138. The summed E-state index contributed by atoms with van der Waals surface area (Å²) in [6, 6.07) is 0. The molecule has 2 atom stereocenters. The third kappa shape index (κ3) is 2.97. The first-order valence-electron chi connectivity index (χ1n) is 5.87. The van der Waals surface area contributed by atoms with Crippen molar-refractivity contribution in [3.8, 4) is 0 Å². The van der Waals surface area contributed by atoms with Crippen LogP contribution in [0.5, 0.6) is 0 Å². The van der Waals surface area contributed by atoms with Gasteiger partial charge in [0.2, 0.25) is 5.91 Å². The van der Waals surface area contributed by atoms with Crippen LogP contribution in [0.2, 0.25) is 0 Å². The molecule has 0 aromatic heterocycles. The van der Waals surface area contributed by atoms with Crippen molar-refractivity contribution in [3.05, 3.63) is 0 Å². The lowest BCUT2D eigenvalue weighted by Crippen LogP contribution is -2.30. The monoisotopic (exact) mass is 227 g/mol. The van der Waals surface area contributed by atoms with E-state index in [1.54, 1.807) is 11.9 Å². The van der Waals surface area contributed by atoms with Crippen LogP contribution in [0.1, 0.15) is 39.5 Å². The number of hydrogen-bond donors (Lipinski definition) is 1. The average Bonchev–Trinajstić information content (AvgIpc) is 2.90. The summed E-state index contributed by atoms with van der Waals surface area (Å²) in [5, 5.41) is 8.50. The summed E-state index contributed by atoms with van der Waals surface area (Å²) in [4.78, 5) is 24.0. The van der Waals surface area contributed by atoms with Gasteiger partial charge in [0.15, 0.2) is 0 Å². The third-order valence-corrected chi connectivity index (χ3v) is 3.72. The van der Waals surface area contributed by atoms with Crippen LogP contribution in [-0.2, 0) is 9.59 Å². The number of amides is 1. The van der Waals surface area contributed by atoms with Gasteiger partial charge in [-0.3, -0.25) is 9.59 Å². The smallest absolute Gasteiger partial charge is 0.303 e. The van der Waals surface area contributed by atoms with E-state index >= 15 is 0 Å². The lowest BCUT2D eigenvalue weighted by Gasteiger charge is -2.18. The Morgan fingerprint density at radius 3 is 2.56 bits per heavy atom. The molecular weight excluding hydrogens is 206 g/mol. The van der Waals surface area contributed by atoms with E-state index in [1.807, 2.05) is 0 Å². The maximum absolute atomic E-state index is 11.9. The van der Waals surface area contributed by atoms with Gasteiger partial charge in [0.25, 0.3) is 0 Å². The number of carboxylic acid groups (broad SMARTS) is 1. The van der Waals surface area contributed by atoms with E-state index in [0.29, 0.717) is 13.0 Å². The first-order chi connectivity index (χ1) is 7.40. The first kappa shape index (κ1) is 13.0. The number of carboxylic acids is 1. The summed E-state index contributed by atoms with van der Waals surface area (Å²) in [7, 11) is 1.76. The van der Waals surface area contributed by atoms with E-state index in [0.717, 1.165) is 12.8 Å². The van der Waals surface area contributed by atoms with Crippen molar-refractivity contribution in [2.75, 3.05) is 13.6 Å². The first-order valence-corrected chi connectivity index (χ1v) is 5.87. The molecule has 0 aromatic carbocycles. The second-order valence-electron chi connectivity index (χ2n) is 5.02. The van der Waals surface area contributed by atoms with Gasteiger partial charge >= 0.3 is 5.97 Å². The maximum atomic E-state index is 11.9. The van der Waals surface area contributed by atoms with Gasteiger partial charge < -0.3 is 10.0 Å². The number of carbonyl (C=O) groups excluding carboxylic acids is 1. The van der Waals surface area contributed by atoms with Crippen LogP contribution in [-0.4, -0.2) is 35.5 Å². The number of nitrogens with zero attached hydrogens (tertiary/aromatic N) is 1. The van der Waals surface area contributed by atoms with Gasteiger partial charge in [-0.2, -0.15) is 0 Å². The molecule has 1 aliphatic carbocycles. The summed E-state index contributed by atoms with van der Waals surface area (Å²) in [5.41, 5.74) is 0.193. The summed E-state index contributed by atoms with van der Waals surface area (Å²) >= 11 is 0. The maximum Gasteiger partial charge on any atom is 0.303 e. The minimum Gasteiger partial charge on any atom is -0.481 e. The highest BCUT2D eigenvalue weighted by Gasteiger charge is 2.53. The molecule has 0 aliphatic heterocycles. The Balaban J connectivity index is 2.30. The van der Waals surface area contributed by atoms with Crippen LogP contribution in [0.3, 0.4) is 0 Å². The number of hydrogen-bond acceptors (Lipinski definition) is 2. The molecule has 1 rings (SSSR count). The Bertz CT molecular complexity index is 290. The second kappa shape index (κ2) is 4.85. The normalized spacial score (nSPS) is 27.6. The van der Waals surface area contributed by atoms with Gasteiger partial charge in [-0.15, -0.1) is 0 Å². The van der Waals surface area contributed by atoms with Crippen LogP contribution >= 0.6 is 0 Å². The van der Waals surface area contributed by atoms with Crippen molar-refractivity contribution in [1.29, 1.82) is 0 Å². The molecule has 0 radical (unpaired) electrons. The highest BCUT2D eigenvalue weighted by molar-refractivity contribution is 5.82. The Morgan fingerprint density at radius 2 is 2.12 bits per heavy atom. The van der Waals surface area contributed by atoms with Crippen molar-refractivity contribution >= 4 is 11.9 Å². The standard InChI is InChI=1S/C12H21NO3/c1-4-12(2)8-9(12)11(16)13(3)7-5-6-10(14)15/h9H,4-8H2,1-3H3,(H,14,15). The topological polar surface area (TPSA) is 57.6 Å². The van der Waals surface area contributed by atoms with E-state index in [4.69, 9.17) is 5.11 Å². The molecule has 0 bridgehead atoms. The Labute approximate surface area is 96.6 Å². The molecule has 0 heterocycles. The second-order valence-corrected chi connectivity index (χ2v) is 5.02. The molecule has 92 valence electrons. The molecule has 1 aliphatic rings. The molecule has 0 saturated heterocycles. The Kier molecular flexibility index (Phi) is 3.94. The van der Waals surface area contributed by atoms with Crippen molar-refractivity contribution < 1.29 is 14.7 Å². The molecule has 1 N–H and O–H groups in total. The molecule has 1 saturated carbocycles. The summed E-state index contributed by atoms with van der Waals surface area (Å²) in [5.74, 6) is -0.465. The van der Waals surface area contributed by atoms with Crippen LogP contribution in [0.15, 0.2) is 0 Å². The Hall–Kier alpha value is -1.06. The van der Waals surface area contributed by atoms with Crippen LogP contribution < -0.4 is 0 Å². The largest absolute Gasteiger partial charge is 0.481 e. The van der Waals surface area contributed by atoms with Crippen molar-refractivity contribution in [2.24, 2.45) is 11.3 Å². The molecule has 4 nitrogen and oxygen atoms in total.